The van der Waals surface area contributed by atoms with Crippen LogP contribution in [-0.2, 0) is 16.1 Å². The molecule has 27 heavy (non-hydrogen) atoms. The molecule has 1 aliphatic carbocycles. The Kier molecular flexibility index (Phi) is 7.66. The highest BCUT2D eigenvalue weighted by Gasteiger charge is 2.22. The standard InChI is InChI=1S/C21H31N3O3/c25-20(23-21(26)22-18-10-5-2-6-11-18)16-24(15-19-12-7-13-27-19)14-17-8-3-1-4-9-17/h1,3-4,8-9,18-19H,2,5-7,10-16H2,(H2,22,23,25,26). The molecule has 0 radical (unpaired) electrons. The van der Waals surface area contributed by atoms with Gasteiger partial charge in [0.25, 0.3) is 0 Å². The number of carbonyl (C=O) groups is 2. The highest BCUT2D eigenvalue weighted by Crippen LogP contribution is 2.17. The number of hydrogen-bond donors (Lipinski definition) is 2. The van der Waals surface area contributed by atoms with Gasteiger partial charge in [-0.15, -0.1) is 0 Å². The lowest BCUT2D eigenvalue weighted by Gasteiger charge is -2.25. The van der Waals surface area contributed by atoms with Gasteiger partial charge in [-0.2, -0.15) is 0 Å². The molecule has 1 unspecified atom stereocenters. The topological polar surface area (TPSA) is 70.7 Å². The van der Waals surface area contributed by atoms with E-state index in [4.69, 9.17) is 4.74 Å². The molecule has 0 spiro atoms. The Bertz CT molecular complexity index is 596. The lowest BCUT2D eigenvalue weighted by atomic mass is 9.96. The Morgan fingerprint density at radius 1 is 1.04 bits per heavy atom. The Morgan fingerprint density at radius 3 is 2.52 bits per heavy atom. The number of amides is 3. The molecule has 2 N–H and O–H groups in total. The number of rotatable bonds is 7. The van der Waals surface area contributed by atoms with Crippen LogP contribution in [0, 0.1) is 0 Å². The molecule has 1 saturated carbocycles. The van der Waals surface area contributed by atoms with E-state index in [1.54, 1.807) is 0 Å². The lowest BCUT2D eigenvalue weighted by Crippen LogP contribution is -2.48. The van der Waals surface area contributed by atoms with Crippen molar-refractivity contribution in [1.82, 2.24) is 15.5 Å². The normalized spacial score (nSPS) is 20.6. The molecule has 1 saturated heterocycles. The summed E-state index contributed by atoms with van der Waals surface area (Å²) >= 11 is 0. The highest BCUT2D eigenvalue weighted by molar-refractivity contribution is 5.95. The van der Waals surface area contributed by atoms with Crippen LogP contribution in [0.2, 0.25) is 0 Å². The smallest absolute Gasteiger partial charge is 0.321 e. The number of nitrogens with one attached hydrogen (secondary N) is 2. The fourth-order valence-corrected chi connectivity index (χ4v) is 3.94. The molecule has 2 fully saturated rings. The van der Waals surface area contributed by atoms with E-state index in [0.717, 1.165) is 50.7 Å². The number of ether oxygens (including phenoxy) is 1. The van der Waals surface area contributed by atoms with Crippen molar-refractivity contribution in [2.75, 3.05) is 19.7 Å². The Morgan fingerprint density at radius 2 is 1.81 bits per heavy atom. The minimum Gasteiger partial charge on any atom is -0.377 e. The number of carbonyl (C=O) groups excluding carboxylic acids is 2. The van der Waals surface area contributed by atoms with Gasteiger partial charge >= 0.3 is 6.03 Å². The quantitative estimate of drug-likeness (QED) is 0.771. The summed E-state index contributed by atoms with van der Waals surface area (Å²) in [6, 6.07) is 9.90. The van der Waals surface area contributed by atoms with Crippen LogP contribution in [0.4, 0.5) is 4.79 Å². The van der Waals surface area contributed by atoms with Gasteiger partial charge < -0.3 is 10.1 Å². The van der Waals surface area contributed by atoms with E-state index in [9.17, 15) is 9.59 Å². The van der Waals surface area contributed by atoms with E-state index < -0.39 is 0 Å². The van der Waals surface area contributed by atoms with Crippen LogP contribution in [0.1, 0.15) is 50.5 Å². The maximum absolute atomic E-state index is 12.4. The van der Waals surface area contributed by atoms with Crippen LogP contribution in [0.15, 0.2) is 30.3 Å². The van der Waals surface area contributed by atoms with Gasteiger partial charge in [0, 0.05) is 25.7 Å². The maximum atomic E-state index is 12.4. The number of hydrogen-bond acceptors (Lipinski definition) is 4. The first-order chi connectivity index (χ1) is 13.2. The highest BCUT2D eigenvalue weighted by atomic mass is 16.5. The third-order valence-electron chi connectivity index (χ3n) is 5.30. The molecule has 1 aromatic carbocycles. The summed E-state index contributed by atoms with van der Waals surface area (Å²) in [4.78, 5) is 26.6. The zero-order valence-corrected chi connectivity index (χ0v) is 16.0. The first-order valence-corrected chi connectivity index (χ1v) is 10.2. The molecule has 1 aromatic rings. The summed E-state index contributed by atoms with van der Waals surface area (Å²) < 4.78 is 5.73. The van der Waals surface area contributed by atoms with Crippen molar-refractivity contribution in [1.29, 1.82) is 0 Å². The number of imide groups is 1. The molecule has 3 amide bonds. The first kappa shape index (κ1) is 19.8. The summed E-state index contributed by atoms with van der Waals surface area (Å²) in [6.07, 6.45) is 7.78. The van der Waals surface area contributed by atoms with Gasteiger partial charge in [0.15, 0.2) is 0 Å². The van der Waals surface area contributed by atoms with Crippen molar-refractivity contribution in [3.8, 4) is 0 Å². The fourth-order valence-electron chi connectivity index (χ4n) is 3.94. The predicted octanol–water partition coefficient (Wildman–Crippen LogP) is 2.83. The zero-order valence-electron chi connectivity index (χ0n) is 16.0. The SMILES string of the molecule is O=C(CN(Cc1ccccc1)CC1CCCO1)NC(=O)NC1CCCCC1. The second-order valence-corrected chi connectivity index (χ2v) is 7.65. The third-order valence-corrected chi connectivity index (χ3v) is 5.30. The second kappa shape index (κ2) is 10.4. The minimum atomic E-state index is -0.372. The van der Waals surface area contributed by atoms with Crippen LogP contribution in [0.3, 0.4) is 0 Å². The van der Waals surface area contributed by atoms with Crippen molar-refractivity contribution < 1.29 is 14.3 Å². The van der Waals surface area contributed by atoms with Crippen LogP contribution in [0.5, 0.6) is 0 Å². The molecule has 1 heterocycles. The minimum absolute atomic E-state index is 0.164. The average Bonchev–Trinajstić information content (AvgIpc) is 3.16. The summed E-state index contributed by atoms with van der Waals surface area (Å²) in [5, 5.41) is 5.43. The maximum Gasteiger partial charge on any atom is 0.321 e. The summed E-state index contributed by atoms with van der Waals surface area (Å²) in [6.45, 7) is 2.34. The molecule has 1 atom stereocenters. The van der Waals surface area contributed by atoms with Crippen molar-refractivity contribution in [2.24, 2.45) is 0 Å². The monoisotopic (exact) mass is 373 g/mol. The Labute approximate surface area is 161 Å². The number of benzene rings is 1. The van der Waals surface area contributed by atoms with Crippen LogP contribution >= 0.6 is 0 Å². The van der Waals surface area contributed by atoms with Gasteiger partial charge in [0.05, 0.1) is 12.6 Å². The molecule has 2 aliphatic rings. The molecule has 148 valence electrons. The summed E-state index contributed by atoms with van der Waals surface area (Å²) in [5.74, 6) is -0.266. The van der Waals surface area contributed by atoms with Gasteiger partial charge in [-0.05, 0) is 31.2 Å². The van der Waals surface area contributed by atoms with Gasteiger partial charge in [-0.3, -0.25) is 15.0 Å². The molecule has 6 nitrogen and oxygen atoms in total. The number of urea groups is 1. The van der Waals surface area contributed by atoms with E-state index in [1.807, 2.05) is 18.2 Å². The molecular formula is C21H31N3O3. The lowest BCUT2D eigenvalue weighted by molar-refractivity contribution is -0.121. The summed E-state index contributed by atoms with van der Waals surface area (Å²) in [5.41, 5.74) is 1.15. The van der Waals surface area contributed by atoms with Crippen LogP contribution < -0.4 is 10.6 Å². The van der Waals surface area contributed by atoms with E-state index in [2.05, 4.69) is 27.7 Å². The van der Waals surface area contributed by atoms with Crippen LogP contribution in [0.25, 0.3) is 0 Å². The first-order valence-electron chi connectivity index (χ1n) is 10.2. The molecule has 6 heteroatoms. The molecule has 3 rings (SSSR count). The zero-order chi connectivity index (χ0) is 18.9. The van der Waals surface area contributed by atoms with Gasteiger partial charge in [0.2, 0.25) is 5.91 Å². The second-order valence-electron chi connectivity index (χ2n) is 7.65. The van der Waals surface area contributed by atoms with Crippen molar-refractivity contribution in [2.45, 2.75) is 63.6 Å². The molecule has 1 aliphatic heterocycles. The van der Waals surface area contributed by atoms with E-state index in [-0.39, 0.29) is 30.6 Å². The van der Waals surface area contributed by atoms with E-state index in [1.165, 1.54) is 6.42 Å². The van der Waals surface area contributed by atoms with Gasteiger partial charge in [0.1, 0.15) is 0 Å². The van der Waals surface area contributed by atoms with Gasteiger partial charge in [-0.25, -0.2) is 4.79 Å². The number of nitrogens with zero attached hydrogens (tertiary/aromatic N) is 1. The Hall–Kier alpha value is -1.92. The summed E-state index contributed by atoms with van der Waals surface area (Å²) in [7, 11) is 0. The third kappa shape index (κ3) is 6.96. The Balaban J connectivity index is 1.50. The average molecular weight is 373 g/mol. The van der Waals surface area contributed by atoms with Crippen molar-refractivity contribution in [3.05, 3.63) is 35.9 Å². The largest absolute Gasteiger partial charge is 0.377 e. The fraction of sp³-hybridized carbons (Fsp3) is 0.619. The van der Waals surface area contributed by atoms with Crippen molar-refractivity contribution >= 4 is 11.9 Å². The van der Waals surface area contributed by atoms with E-state index >= 15 is 0 Å². The predicted molar refractivity (Wildman–Crippen MR) is 104 cm³/mol. The van der Waals surface area contributed by atoms with E-state index in [0.29, 0.717) is 13.1 Å². The van der Waals surface area contributed by atoms with Crippen LogP contribution in [-0.4, -0.2) is 48.7 Å². The van der Waals surface area contributed by atoms with Gasteiger partial charge in [-0.1, -0.05) is 49.6 Å². The molecule has 0 bridgehead atoms. The van der Waals surface area contributed by atoms with Crippen molar-refractivity contribution in [3.63, 3.8) is 0 Å². The molecular weight excluding hydrogens is 342 g/mol. The molecule has 0 aromatic heterocycles.